The van der Waals surface area contributed by atoms with Crippen LogP contribution in [0.25, 0.3) is 0 Å². The van der Waals surface area contributed by atoms with Crippen molar-refractivity contribution in [2.45, 2.75) is 27.0 Å². The molecule has 1 amide bonds. The van der Waals surface area contributed by atoms with E-state index in [2.05, 4.69) is 5.32 Å². The molecule has 0 radical (unpaired) electrons. The maximum absolute atomic E-state index is 12.4. The Kier molecular flexibility index (Phi) is 6.15. The second-order valence-electron chi connectivity index (χ2n) is 6.12. The van der Waals surface area contributed by atoms with Crippen LogP contribution in [-0.2, 0) is 13.2 Å². The highest BCUT2D eigenvalue weighted by Gasteiger charge is 2.12. The van der Waals surface area contributed by atoms with Crippen molar-refractivity contribution in [3.63, 3.8) is 0 Å². The van der Waals surface area contributed by atoms with E-state index in [0.717, 1.165) is 11.3 Å². The summed E-state index contributed by atoms with van der Waals surface area (Å²) in [4.78, 5) is 12.4. The topological polar surface area (TPSA) is 60.7 Å². The van der Waals surface area contributed by atoms with Gasteiger partial charge in [-0.15, -0.1) is 0 Å². The number of hydrogen-bond acceptors (Lipinski definition) is 4. The monoisotopic (exact) mass is 365 g/mol. The number of benzene rings is 2. The van der Waals surface area contributed by atoms with E-state index >= 15 is 0 Å². The number of ether oxygens (including phenoxy) is 2. The van der Waals surface area contributed by atoms with Gasteiger partial charge in [0.15, 0.2) is 0 Å². The molecule has 0 bridgehead atoms. The predicted octanol–water partition coefficient (Wildman–Crippen LogP) is 4.50. The number of furan rings is 1. The van der Waals surface area contributed by atoms with Crippen molar-refractivity contribution in [2.24, 2.45) is 0 Å². The van der Waals surface area contributed by atoms with Gasteiger partial charge in [0.2, 0.25) is 0 Å². The number of carbonyl (C=O) groups excluding carboxylic acids is 1. The summed E-state index contributed by atoms with van der Waals surface area (Å²) in [6.45, 7) is 5.16. The fourth-order valence-corrected chi connectivity index (χ4v) is 2.61. The molecule has 0 spiro atoms. The zero-order valence-corrected chi connectivity index (χ0v) is 15.5. The summed E-state index contributed by atoms with van der Waals surface area (Å²) in [6, 6.07) is 16.8. The van der Waals surface area contributed by atoms with Crippen molar-refractivity contribution >= 4 is 5.91 Å². The molecule has 0 atom stereocenters. The van der Waals surface area contributed by atoms with Crippen molar-refractivity contribution in [3.05, 3.63) is 83.3 Å². The van der Waals surface area contributed by atoms with Gasteiger partial charge in [-0.3, -0.25) is 4.79 Å². The Morgan fingerprint density at radius 3 is 2.59 bits per heavy atom. The van der Waals surface area contributed by atoms with E-state index < -0.39 is 0 Å². The molecule has 0 saturated carbocycles. The highest BCUT2D eigenvalue weighted by Crippen LogP contribution is 2.23. The van der Waals surface area contributed by atoms with Crippen molar-refractivity contribution < 1.29 is 18.7 Å². The second kappa shape index (κ2) is 8.94. The molecule has 0 unspecified atom stereocenters. The molecule has 1 aromatic heterocycles. The largest absolute Gasteiger partial charge is 0.493 e. The summed E-state index contributed by atoms with van der Waals surface area (Å²) in [5.41, 5.74) is 2.54. The third kappa shape index (κ3) is 5.14. The lowest BCUT2D eigenvalue weighted by Crippen LogP contribution is -2.22. The molecule has 27 heavy (non-hydrogen) atoms. The third-order valence-corrected chi connectivity index (χ3v) is 4.04. The molecule has 0 saturated heterocycles. The Morgan fingerprint density at radius 1 is 1.07 bits per heavy atom. The van der Waals surface area contributed by atoms with Gasteiger partial charge in [0.1, 0.15) is 23.9 Å². The van der Waals surface area contributed by atoms with Crippen molar-refractivity contribution in [1.82, 2.24) is 5.32 Å². The summed E-state index contributed by atoms with van der Waals surface area (Å²) in [5, 5.41) is 2.85. The first-order valence-electron chi connectivity index (χ1n) is 8.91. The summed E-state index contributed by atoms with van der Waals surface area (Å²) in [6.07, 6.45) is 1.58. The van der Waals surface area contributed by atoms with Gasteiger partial charge in [-0.25, -0.2) is 0 Å². The van der Waals surface area contributed by atoms with Crippen molar-refractivity contribution in [1.29, 1.82) is 0 Å². The zero-order chi connectivity index (χ0) is 19.1. The van der Waals surface area contributed by atoms with E-state index in [1.54, 1.807) is 30.5 Å². The first-order valence-corrected chi connectivity index (χ1v) is 8.91. The van der Waals surface area contributed by atoms with E-state index in [0.29, 0.717) is 36.8 Å². The van der Waals surface area contributed by atoms with Gasteiger partial charge in [0, 0.05) is 11.1 Å². The Labute approximate surface area is 158 Å². The van der Waals surface area contributed by atoms with Gasteiger partial charge in [-0.2, -0.15) is 0 Å². The van der Waals surface area contributed by atoms with Gasteiger partial charge in [-0.1, -0.05) is 17.7 Å². The number of amides is 1. The Balaban J connectivity index is 1.71. The lowest BCUT2D eigenvalue weighted by atomic mass is 10.1. The van der Waals surface area contributed by atoms with E-state index in [1.807, 2.05) is 44.2 Å². The molecular formula is C22H23NO4. The average molecular weight is 365 g/mol. The standard InChI is InChI=1S/C22H23NO4/c1-3-25-21-11-8-17(22(24)23-14-20-5-4-12-26-20)13-18(21)15-27-19-9-6-16(2)7-10-19/h4-13H,3,14-15H2,1-2H3,(H,23,24). The van der Waals surface area contributed by atoms with Gasteiger partial charge in [-0.05, 0) is 56.3 Å². The summed E-state index contributed by atoms with van der Waals surface area (Å²) in [7, 11) is 0. The minimum Gasteiger partial charge on any atom is -0.493 e. The van der Waals surface area contributed by atoms with Crippen LogP contribution < -0.4 is 14.8 Å². The summed E-state index contributed by atoms with van der Waals surface area (Å²) in [5.74, 6) is 2.02. The fraction of sp³-hybridized carbons (Fsp3) is 0.227. The lowest BCUT2D eigenvalue weighted by Gasteiger charge is -2.13. The number of nitrogens with one attached hydrogen (secondary N) is 1. The van der Waals surface area contributed by atoms with E-state index in [1.165, 1.54) is 5.56 Å². The smallest absolute Gasteiger partial charge is 0.251 e. The highest BCUT2D eigenvalue weighted by atomic mass is 16.5. The van der Waals surface area contributed by atoms with Crippen LogP contribution in [0.3, 0.4) is 0 Å². The van der Waals surface area contributed by atoms with Crippen molar-refractivity contribution in [2.75, 3.05) is 6.61 Å². The van der Waals surface area contributed by atoms with Crippen molar-refractivity contribution in [3.8, 4) is 11.5 Å². The molecule has 1 N–H and O–H groups in total. The van der Waals surface area contributed by atoms with Crippen LogP contribution in [0.2, 0.25) is 0 Å². The maximum atomic E-state index is 12.4. The van der Waals surface area contributed by atoms with Crippen LogP contribution in [0, 0.1) is 6.92 Å². The summed E-state index contributed by atoms with van der Waals surface area (Å²) >= 11 is 0. The molecule has 3 aromatic rings. The fourth-order valence-electron chi connectivity index (χ4n) is 2.61. The normalized spacial score (nSPS) is 10.4. The lowest BCUT2D eigenvalue weighted by molar-refractivity contribution is 0.0948. The quantitative estimate of drug-likeness (QED) is 0.639. The molecule has 5 nitrogen and oxygen atoms in total. The van der Waals surface area contributed by atoms with Gasteiger partial charge in [0.05, 0.1) is 19.4 Å². The molecular weight excluding hydrogens is 342 g/mol. The minimum atomic E-state index is -0.175. The molecule has 0 fully saturated rings. The molecule has 0 aliphatic carbocycles. The first kappa shape index (κ1) is 18.6. The number of hydrogen-bond donors (Lipinski definition) is 1. The molecule has 5 heteroatoms. The molecule has 3 rings (SSSR count). The SMILES string of the molecule is CCOc1ccc(C(=O)NCc2ccco2)cc1COc1ccc(C)cc1. The van der Waals surface area contributed by atoms with E-state index in [-0.39, 0.29) is 5.91 Å². The third-order valence-electron chi connectivity index (χ3n) is 4.04. The van der Waals surface area contributed by atoms with Gasteiger partial charge in [0.25, 0.3) is 5.91 Å². The van der Waals surface area contributed by atoms with Crippen LogP contribution >= 0.6 is 0 Å². The number of rotatable bonds is 8. The van der Waals surface area contributed by atoms with Crippen LogP contribution in [0.4, 0.5) is 0 Å². The van der Waals surface area contributed by atoms with Crippen LogP contribution in [0.15, 0.2) is 65.3 Å². The Hall–Kier alpha value is -3.21. The van der Waals surface area contributed by atoms with Gasteiger partial charge >= 0.3 is 0 Å². The molecule has 0 aliphatic rings. The van der Waals surface area contributed by atoms with E-state index in [4.69, 9.17) is 13.9 Å². The summed E-state index contributed by atoms with van der Waals surface area (Å²) < 4.78 is 16.8. The zero-order valence-electron chi connectivity index (χ0n) is 15.5. The molecule has 1 heterocycles. The second-order valence-corrected chi connectivity index (χ2v) is 6.12. The minimum absolute atomic E-state index is 0.175. The molecule has 140 valence electrons. The van der Waals surface area contributed by atoms with Crippen LogP contribution in [-0.4, -0.2) is 12.5 Å². The number of carbonyl (C=O) groups is 1. The van der Waals surface area contributed by atoms with Crippen LogP contribution in [0.1, 0.15) is 34.2 Å². The molecule has 2 aromatic carbocycles. The van der Waals surface area contributed by atoms with Gasteiger partial charge < -0.3 is 19.2 Å². The van der Waals surface area contributed by atoms with Crippen LogP contribution in [0.5, 0.6) is 11.5 Å². The number of aryl methyl sites for hydroxylation is 1. The predicted molar refractivity (Wildman–Crippen MR) is 103 cm³/mol. The molecule has 0 aliphatic heterocycles. The van der Waals surface area contributed by atoms with E-state index in [9.17, 15) is 4.79 Å². The average Bonchev–Trinajstić information content (AvgIpc) is 3.20. The maximum Gasteiger partial charge on any atom is 0.251 e. The Morgan fingerprint density at radius 2 is 1.89 bits per heavy atom. The first-order chi connectivity index (χ1) is 13.2. The Bertz CT molecular complexity index is 870. The highest BCUT2D eigenvalue weighted by molar-refractivity contribution is 5.94.